The monoisotopic (exact) mass is 404 g/mol. The van der Waals surface area contributed by atoms with Crippen molar-refractivity contribution in [2.45, 2.75) is 38.8 Å². The molecule has 144 valence electrons. The molecule has 2 N–H and O–H groups in total. The summed E-state index contributed by atoms with van der Waals surface area (Å²) in [6, 6.07) is 11.9. The van der Waals surface area contributed by atoms with Gasteiger partial charge in [0.05, 0.1) is 24.3 Å². The number of rotatable bonds is 6. The number of carbonyl (C=O) groups is 1. The summed E-state index contributed by atoms with van der Waals surface area (Å²) in [6.07, 6.45) is 2.27. The summed E-state index contributed by atoms with van der Waals surface area (Å²) in [6.45, 7) is 4.98. The minimum absolute atomic E-state index is 0.104. The lowest BCUT2D eigenvalue weighted by Gasteiger charge is -2.21. The van der Waals surface area contributed by atoms with Gasteiger partial charge >= 0.3 is 5.97 Å². The molecule has 2 heterocycles. The lowest BCUT2D eigenvalue weighted by molar-refractivity contribution is 0.0528. The van der Waals surface area contributed by atoms with Gasteiger partial charge in [0.2, 0.25) is 0 Å². The topological polar surface area (TPSA) is 59.6 Å². The maximum Gasteiger partial charge on any atom is 0.341 e. The predicted molar refractivity (Wildman–Crippen MR) is 114 cm³/mol. The van der Waals surface area contributed by atoms with Crippen molar-refractivity contribution in [2.75, 3.05) is 18.5 Å². The van der Waals surface area contributed by atoms with Crippen LogP contribution in [-0.2, 0) is 9.47 Å². The number of thiocarbonyl (C=S) groups is 1. The van der Waals surface area contributed by atoms with E-state index in [0.717, 1.165) is 29.9 Å². The first-order chi connectivity index (χ1) is 13.1. The first-order valence-corrected chi connectivity index (χ1v) is 10.4. The molecule has 0 aliphatic carbocycles. The van der Waals surface area contributed by atoms with E-state index >= 15 is 0 Å². The smallest absolute Gasteiger partial charge is 0.341 e. The molecule has 0 unspecified atom stereocenters. The minimum Gasteiger partial charge on any atom is -0.462 e. The van der Waals surface area contributed by atoms with Crippen molar-refractivity contribution < 1.29 is 14.3 Å². The molecule has 2 aromatic rings. The summed E-state index contributed by atoms with van der Waals surface area (Å²) in [4.78, 5) is 13.4. The second-order valence-electron chi connectivity index (χ2n) is 6.38. The number of carbonyl (C=O) groups excluding carboxylic acids is 1. The van der Waals surface area contributed by atoms with E-state index in [0.29, 0.717) is 22.3 Å². The van der Waals surface area contributed by atoms with Crippen molar-refractivity contribution >= 4 is 39.6 Å². The van der Waals surface area contributed by atoms with Gasteiger partial charge in [0, 0.05) is 11.5 Å². The van der Waals surface area contributed by atoms with Gasteiger partial charge in [-0.1, -0.05) is 30.3 Å². The van der Waals surface area contributed by atoms with Crippen LogP contribution in [0.5, 0.6) is 0 Å². The Labute approximate surface area is 169 Å². The van der Waals surface area contributed by atoms with Crippen molar-refractivity contribution in [3.05, 3.63) is 42.0 Å². The van der Waals surface area contributed by atoms with Crippen LogP contribution in [0.3, 0.4) is 0 Å². The number of benzene rings is 1. The lowest BCUT2D eigenvalue weighted by Crippen LogP contribution is -2.42. The minimum atomic E-state index is -0.353. The molecule has 1 aliphatic heterocycles. The van der Waals surface area contributed by atoms with Crippen molar-refractivity contribution in [2.24, 2.45) is 0 Å². The standard InChI is InChI=1S/C20H24N2O3S2/c1-3-24-19(23)15-12-17(14-8-5-4-6-9-14)27-18(15)22-20(26)21-13(2)16-10-7-11-25-16/h4-6,8-9,12-13,16H,3,7,10-11H2,1-2H3,(H2,21,22,26)/t13-,16-/m1/s1. The molecule has 1 aromatic carbocycles. The van der Waals surface area contributed by atoms with E-state index < -0.39 is 0 Å². The second kappa shape index (κ2) is 9.30. The predicted octanol–water partition coefficient (Wildman–Crippen LogP) is 4.45. The highest BCUT2D eigenvalue weighted by Crippen LogP contribution is 2.36. The number of anilines is 1. The van der Waals surface area contributed by atoms with Crippen LogP contribution in [0.4, 0.5) is 5.00 Å². The normalized spacial score (nSPS) is 17.3. The third kappa shape index (κ3) is 5.06. The van der Waals surface area contributed by atoms with Gasteiger partial charge in [0.25, 0.3) is 0 Å². The number of ether oxygens (including phenoxy) is 2. The Morgan fingerprint density at radius 3 is 2.85 bits per heavy atom. The van der Waals surface area contributed by atoms with Crippen LogP contribution in [0, 0.1) is 0 Å². The van der Waals surface area contributed by atoms with E-state index in [1.54, 1.807) is 6.92 Å². The van der Waals surface area contributed by atoms with Crippen molar-refractivity contribution in [1.82, 2.24) is 5.32 Å². The summed E-state index contributed by atoms with van der Waals surface area (Å²) in [5.41, 5.74) is 1.54. The van der Waals surface area contributed by atoms with Crippen LogP contribution in [0.2, 0.25) is 0 Å². The van der Waals surface area contributed by atoms with Crippen molar-refractivity contribution in [3.63, 3.8) is 0 Å². The molecule has 1 saturated heterocycles. The molecule has 3 rings (SSSR count). The summed E-state index contributed by atoms with van der Waals surface area (Å²) in [5, 5.41) is 7.61. The number of esters is 1. The second-order valence-corrected chi connectivity index (χ2v) is 7.84. The van der Waals surface area contributed by atoms with Crippen LogP contribution < -0.4 is 10.6 Å². The van der Waals surface area contributed by atoms with E-state index in [4.69, 9.17) is 21.7 Å². The number of nitrogens with one attached hydrogen (secondary N) is 2. The SMILES string of the molecule is CCOC(=O)c1cc(-c2ccccc2)sc1NC(=S)N[C@H](C)[C@H]1CCCO1. The van der Waals surface area contributed by atoms with E-state index in [1.807, 2.05) is 36.4 Å². The Bertz CT molecular complexity index is 786. The Morgan fingerprint density at radius 1 is 1.41 bits per heavy atom. The highest BCUT2D eigenvalue weighted by molar-refractivity contribution is 7.80. The van der Waals surface area contributed by atoms with Gasteiger partial charge in [-0.25, -0.2) is 4.79 Å². The first-order valence-electron chi connectivity index (χ1n) is 9.14. The average molecular weight is 405 g/mol. The molecular formula is C20H24N2O3S2. The summed E-state index contributed by atoms with van der Waals surface area (Å²) in [7, 11) is 0. The van der Waals surface area contributed by atoms with Crippen LogP contribution in [0.1, 0.15) is 37.0 Å². The molecule has 0 spiro atoms. The van der Waals surface area contributed by atoms with Gasteiger partial charge in [-0.3, -0.25) is 0 Å². The van der Waals surface area contributed by atoms with Crippen molar-refractivity contribution in [1.29, 1.82) is 0 Å². The summed E-state index contributed by atoms with van der Waals surface area (Å²) in [5.74, 6) is -0.353. The van der Waals surface area contributed by atoms with E-state index in [1.165, 1.54) is 11.3 Å². The number of thiophene rings is 1. The molecular weight excluding hydrogens is 380 g/mol. The lowest BCUT2D eigenvalue weighted by atomic mass is 10.1. The van der Waals surface area contributed by atoms with E-state index in [9.17, 15) is 4.79 Å². The molecule has 0 radical (unpaired) electrons. The molecule has 0 bridgehead atoms. The summed E-state index contributed by atoms with van der Waals surface area (Å²) < 4.78 is 10.9. The van der Waals surface area contributed by atoms with Gasteiger partial charge in [0.1, 0.15) is 5.00 Å². The number of hydrogen-bond donors (Lipinski definition) is 2. The third-order valence-corrected chi connectivity index (χ3v) is 5.71. The molecule has 1 aliphatic rings. The van der Waals surface area contributed by atoms with Gasteiger partial charge in [-0.2, -0.15) is 0 Å². The molecule has 27 heavy (non-hydrogen) atoms. The van der Waals surface area contributed by atoms with Crippen LogP contribution in [0.15, 0.2) is 36.4 Å². The summed E-state index contributed by atoms with van der Waals surface area (Å²) >= 11 is 6.95. The molecule has 5 nitrogen and oxygen atoms in total. The zero-order chi connectivity index (χ0) is 19.2. The largest absolute Gasteiger partial charge is 0.462 e. The fraction of sp³-hybridized carbons (Fsp3) is 0.400. The van der Waals surface area contributed by atoms with Crippen molar-refractivity contribution in [3.8, 4) is 10.4 Å². The average Bonchev–Trinajstić information content (AvgIpc) is 3.33. The van der Waals surface area contributed by atoms with E-state index in [-0.39, 0.29) is 18.1 Å². The first kappa shape index (κ1) is 19.8. The van der Waals surface area contributed by atoms with Gasteiger partial charge in [-0.15, -0.1) is 11.3 Å². The highest BCUT2D eigenvalue weighted by atomic mass is 32.1. The molecule has 1 aromatic heterocycles. The Morgan fingerprint density at radius 2 is 2.19 bits per heavy atom. The van der Waals surface area contributed by atoms with E-state index in [2.05, 4.69) is 17.6 Å². The van der Waals surface area contributed by atoms with Gasteiger partial charge in [-0.05, 0) is 50.5 Å². The number of hydrogen-bond acceptors (Lipinski definition) is 5. The Hall–Kier alpha value is -1.96. The molecule has 0 amide bonds. The quantitative estimate of drug-likeness (QED) is 0.548. The molecule has 7 heteroatoms. The highest BCUT2D eigenvalue weighted by Gasteiger charge is 2.24. The Balaban J connectivity index is 1.76. The Kier molecular flexibility index (Phi) is 6.82. The third-order valence-electron chi connectivity index (χ3n) is 4.39. The van der Waals surface area contributed by atoms with Gasteiger partial charge in [0.15, 0.2) is 5.11 Å². The fourth-order valence-electron chi connectivity index (χ4n) is 3.02. The zero-order valence-electron chi connectivity index (χ0n) is 15.5. The van der Waals surface area contributed by atoms with Gasteiger partial charge < -0.3 is 20.1 Å². The van der Waals surface area contributed by atoms with Crippen LogP contribution in [0.25, 0.3) is 10.4 Å². The molecule has 2 atom stereocenters. The maximum absolute atomic E-state index is 12.4. The molecule has 0 saturated carbocycles. The maximum atomic E-state index is 12.4. The molecule has 1 fully saturated rings. The van der Waals surface area contributed by atoms with Crippen LogP contribution >= 0.6 is 23.6 Å². The fourth-order valence-corrected chi connectivity index (χ4v) is 4.43. The van der Waals surface area contributed by atoms with Crippen LogP contribution in [-0.4, -0.2) is 36.4 Å². The zero-order valence-corrected chi connectivity index (χ0v) is 17.1.